The Morgan fingerprint density at radius 2 is 1.58 bits per heavy atom. The number of alkyl halides is 7. The van der Waals surface area contributed by atoms with E-state index in [2.05, 4.69) is 22.1 Å². The molecule has 176 valence electrons. The van der Waals surface area contributed by atoms with Gasteiger partial charge in [-0.2, -0.15) is 26.3 Å². The molecule has 1 unspecified atom stereocenters. The largest absolute Gasteiger partial charge is 0.490 e. The zero-order valence-corrected chi connectivity index (χ0v) is 16.3. The first-order chi connectivity index (χ1) is 14.1. The number of rotatable bonds is 1. The predicted octanol–water partition coefficient (Wildman–Crippen LogP) is 3.10. The van der Waals surface area contributed by atoms with Gasteiger partial charge in [0.15, 0.2) is 0 Å². The molecular weight excluding hydrogens is 443 g/mol. The van der Waals surface area contributed by atoms with Gasteiger partial charge in [0.05, 0.1) is 5.69 Å². The molecule has 1 fully saturated rings. The molecule has 3 atom stereocenters. The van der Waals surface area contributed by atoms with Gasteiger partial charge in [-0.1, -0.05) is 6.07 Å². The molecule has 7 nitrogen and oxygen atoms in total. The van der Waals surface area contributed by atoms with Gasteiger partial charge in [-0.15, -0.1) is 0 Å². The van der Waals surface area contributed by atoms with Gasteiger partial charge in [0.2, 0.25) is 0 Å². The zero-order chi connectivity index (χ0) is 24.1. The molecule has 1 aromatic heterocycles. The van der Waals surface area contributed by atoms with Gasteiger partial charge in [-0.05, 0) is 31.9 Å². The third kappa shape index (κ3) is 7.52. The van der Waals surface area contributed by atoms with Crippen molar-refractivity contribution in [1.29, 1.82) is 0 Å². The molecule has 0 amide bonds. The van der Waals surface area contributed by atoms with Crippen LogP contribution in [-0.4, -0.2) is 64.7 Å². The fourth-order valence-corrected chi connectivity index (χ4v) is 2.92. The third-order valence-corrected chi connectivity index (χ3v) is 4.26. The standard InChI is InChI=1S/C13H18FN3.2C2HF3O2/c1-8-6-15-7-11-5-10-3-4-12(9(2)14)16-13(10)17(8)11;2*3-2(4,5)1(6)7/h3-4,8-9,11,15H,5-7H2,1-2H3;2*(H,6,7)/t8-,9?,11-;;/m1../s1. The number of hydrogen-bond acceptors (Lipinski definition) is 5. The fourth-order valence-electron chi connectivity index (χ4n) is 2.92. The number of nitrogens with zero attached hydrogens (tertiary/aromatic N) is 2. The Kier molecular flexibility index (Phi) is 8.61. The lowest BCUT2D eigenvalue weighted by Gasteiger charge is -2.37. The van der Waals surface area contributed by atoms with Crippen molar-refractivity contribution in [2.75, 3.05) is 18.0 Å². The van der Waals surface area contributed by atoms with Crippen molar-refractivity contribution in [3.63, 3.8) is 0 Å². The lowest BCUT2D eigenvalue weighted by molar-refractivity contribution is -0.193. The third-order valence-electron chi connectivity index (χ3n) is 4.26. The lowest BCUT2D eigenvalue weighted by Crippen LogP contribution is -2.55. The number of aromatic nitrogens is 1. The van der Waals surface area contributed by atoms with Crippen molar-refractivity contribution >= 4 is 17.8 Å². The Morgan fingerprint density at radius 3 is 2.00 bits per heavy atom. The highest BCUT2D eigenvalue weighted by atomic mass is 19.4. The number of aliphatic carboxylic acids is 2. The molecule has 14 heteroatoms. The minimum Gasteiger partial charge on any atom is -0.475 e. The number of carboxylic acids is 2. The molecule has 0 aromatic carbocycles. The smallest absolute Gasteiger partial charge is 0.475 e. The van der Waals surface area contributed by atoms with Crippen LogP contribution in [0.3, 0.4) is 0 Å². The maximum absolute atomic E-state index is 13.3. The summed E-state index contributed by atoms with van der Waals surface area (Å²) < 4.78 is 76.8. The number of carboxylic acid groups (broad SMARTS) is 2. The zero-order valence-electron chi connectivity index (χ0n) is 16.3. The van der Waals surface area contributed by atoms with E-state index in [1.165, 1.54) is 5.56 Å². The van der Waals surface area contributed by atoms with Gasteiger partial charge in [-0.25, -0.2) is 19.0 Å². The number of nitrogens with one attached hydrogen (secondary N) is 1. The van der Waals surface area contributed by atoms with E-state index in [9.17, 15) is 30.7 Å². The first-order valence-electron chi connectivity index (χ1n) is 8.78. The molecule has 2 aliphatic heterocycles. The second-order valence-corrected chi connectivity index (χ2v) is 6.71. The van der Waals surface area contributed by atoms with E-state index in [-0.39, 0.29) is 0 Å². The Bertz CT molecular complexity index is 760. The number of piperazine rings is 1. The SMILES string of the molecule is CC(F)c1ccc2c(n1)N1[C@@H](CNC[C@H]1C)C2.O=C(O)C(F)(F)F.O=C(O)C(F)(F)F. The van der Waals surface area contributed by atoms with Crippen LogP contribution in [0.1, 0.15) is 31.3 Å². The summed E-state index contributed by atoms with van der Waals surface area (Å²) in [5.74, 6) is -4.51. The van der Waals surface area contributed by atoms with Crippen LogP contribution in [-0.2, 0) is 16.0 Å². The molecule has 3 rings (SSSR count). The number of anilines is 1. The van der Waals surface area contributed by atoms with E-state index >= 15 is 0 Å². The molecule has 3 heterocycles. The molecule has 0 aliphatic carbocycles. The van der Waals surface area contributed by atoms with Gasteiger partial charge < -0.3 is 20.4 Å². The topological polar surface area (TPSA) is 103 Å². The van der Waals surface area contributed by atoms with Crippen LogP contribution in [0.2, 0.25) is 0 Å². The fraction of sp³-hybridized carbons (Fsp3) is 0.588. The number of halogens is 7. The maximum atomic E-state index is 13.3. The Balaban J connectivity index is 0.000000288. The van der Waals surface area contributed by atoms with Crippen LogP contribution in [0.4, 0.5) is 36.6 Å². The Morgan fingerprint density at radius 1 is 1.10 bits per heavy atom. The summed E-state index contributed by atoms with van der Waals surface area (Å²) in [4.78, 5) is 24.7. The minimum absolute atomic E-state index is 0.438. The molecule has 3 N–H and O–H groups in total. The number of carbonyl (C=O) groups is 2. The second kappa shape index (κ2) is 10.1. The summed E-state index contributed by atoms with van der Waals surface area (Å²) >= 11 is 0. The second-order valence-electron chi connectivity index (χ2n) is 6.71. The number of hydrogen-bond donors (Lipinski definition) is 3. The van der Waals surface area contributed by atoms with E-state index in [1.807, 2.05) is 12.1 Å². The normalized spacial score (nSPS) is 20.9. The summed E-state index contributed by atoms with van der Waals surface area (Å²) in [6, 6.07) is 4.79. The Labute approximate surface area is 171 Å². The maximum Gasteiger partial charge on any atom is 0.490 e. The number of pyridine rings is 1. The molecule has 2 aliphatic rings. The average molecular weight is 463 g/mol. The van der Waals surface area contributed by atoms with Gasteiger partial charge in [0, 0.05) is 25.2 Å². The molecular formula is C17H20F7N3O4. The van der Waals surface area contributed by atoms with Crippen molar-refractivity contribution < 1.29 is 50.5 Å². The van der Waals surface area contributed by atoms with Crippen LogP contribution in [0.15, 0.2) is 12.1 Å². The van der Waals surface area contributed by atoms with Crippen molar-refractivity contribution in [3.8, 4) is 0 Å². The van der Waals surface area contributed by atoms with E-state index in [4.69, 9.17) is 19.8 Å². The summed E-state index contributed by atoms with van der Waals surface area (Å²) in [5.41, 5.74) is 1.81. The van der Waals surface area contributed by atoms with E-state index in [0.29, 0.717) is 17.8 Å². The van der Waals surface area contributed by atoms with Gasteiger partial charge in [0.25, 0.3) is 0 Å². The highest BCUT2D eigenvalue weighted by molar-refractivity contribution is 5.73. The molecule has 0 saturated carbocycles. The van der Waals surface area contributed by atoms with Crippen LogP contribution >= 0.6 is 0 Å². The lowest BCUT2D eigenvalue weighted by atomic mass is 10.1. The summed E-state index contributed by atoms with van der Waals surface area (Å²) in [6.07, 6.45) is -10.1. The predicted molar refractivity (Wildman–Crippen MR) is 93.4 cm³/mol. The quantitative estimate of drug-likeness (QED) is 0.550. The first-order valence-corrected chi connectivity index (χ1v) is 8.78. The first kappa shape index (κ1) is 26.4. The highest BCUT2D eigenvalue weighted by Crippen LogP contribution is 2.34. The van der Waals surface area contributed by atoms with E-state index < -0.39 is 30.5 Å². The monoisotopic (exact) mass is 463 g/mol. The van der Waals surface area contributed by atoms with Crippen LogP contribution in [0, 0.1) is 0 Å². The molecule has 0 radical (unpaired) electrons. The molecule has 1 saturated heterocycles. The summed E-state index contributed by atoms with van der Waals surface area (Å²) in [7, 11) is 0. The molecule has 0 bridgehead atoms. The summed E-state index contributed by atoms with van der Waals surface area (Å²) in [5, 5.41) is 17.7. The molecule has 0 spiro atoms. The van der Waals surface area contributed by atoms with Crippen molar-refractivity contribution in [2.45, 2.75) is 50.9 Å². The Hall–Kier alpha value is -2.64. The average Bonchev–Trinajstić information content (AvgIpc) is 3.00. The highest BCUT2D eigenvalue weighted by Gasteiger charge is 2.39. The van der Waals surface area contributed by atoms with Crippen LogP contribution in [0.25, 0.3) is 0 Å². The van der Waals surface area contributed by atoms with E-state index in [1.54, 1.807) is 6.92 Å². The molecule has 1 aromatic rings. The van der Waals surface area contributed by atoms with Crippen molar-refractivity contribution in [3.05, 3.63) is 23.4 Å². The van der Waals surface area contributed by atoms with Crippen LogP contribution < -0.4 is 10.2 Å². The van der Waals surface area contributed by atoms with Gasteiger partial charge >= 0.3 is 24.3 Å². The van der Waals surface area contributed by atoms with Crippen molar-refractivity contribution in [2.24, 2.45) is 0 Å². The number of fused-ring (bicyclic) bond motifs is 3. The van der Waals surface area contributed by atoms with E-state index in [0.717, 1.165) is 25.3 Å². The van der Waals surface area contributed by atoms with Crippen LogP contribution in [0.5, 0.6) is 0 Å². The van der Waals surface area contributed by atoms with Crippen molar-refractivity contribution in [1.82, 2.24) is 10.3 Å². The minimum atomic E-state index is -5.08. The van der Waals surface area contributed by atoms with Gasteiger partial charge in [0.1, 0.15) is 12.0 Å². The van der Waals surface area contributed by atoms with Gasteiger partial charge in [-0.3, -0.25) is 0 Å². The molecule has 31 heavy (non-hydrogen) atoms. The summed E-state index contributed by atoms with van der Waals surface area (Å²) in [6.45, 7) is 5.72.